The van der Waals surface area contributed by atoms with E-state index >= 15 is 0 Å². The fraction of sp³-hybridized carbons (Fsp3) is 0.867. The quantitative estimate of drug-likeness (QED) is 0.832. The average Bonchev–Trinajstić information content (AvgIpc) is 2.96. The van der Waals surface area contributed by atoms with Crippen molar-refractivity contribution in [3.05, 3.63) is 11.7 Å². The number of aromatic nitrogens is 2. The van der Waals surface area contributed by atoms with E-state index in [0.717, 1.165) is 51.1 Å². The van der Waals surface area contributed by atoms with Gasteiger partial charge in [-0.05, 0) is 32.2 Å². The van der Waals surface area contributed by atoms with Crippen molar-refractivity contribution in [1.82, 2.24) is 15.5 Å². The Balaban J connectivity index is 2.19. The Hall–Kier alpha value is -0.940. The zero-order valence-corrected chi connectivity index (χ0v) is 12.9. The highest BCUT2D eigenvalue weighted by Crippen LogP contribution is 2.35. The zero-order valence-electron chi connectivity index (χ0n) is 12.9. The standard InChI is InChI=1S/C15H27N3O2/c1-4-7-12(19-3)13-17-14(20-18-13)15(8-5-2)9-6-10-16-11-15/h12,16H,4-11H2,1-3H3. The number of nitrogens with one attached hydrogen (secondary N) is 1. The van der Waals surface area contributed by atoms with Gasteiger partial charge >= 0.3 is 0 Å². The highest BCUT2D eigenvalue weighted by molar-refractivity contribution is 5.09. The Morgan fingerprint density at radius 3 is 2.85 bits per heavy atom. The molecule has 1 fully saturated rings. The smallest absolute Gasteiger partial charge is 0.234 e. The molecule has 5 nitrogen and oxygen atoms in total. The molecule has 0 spiro atoms. The Bertz CT molecular complexity index is 394. The van der Waals surface area contributed by atoms with Gasteiger partial charge in [-0.1, -0.05) is 31.8 Å². The predicted molar refractivity (Wildman–Crippen MR) is 77.6 cm³/mol. The molecule has 1 N–H and O–H groups in total. The first-order valence-corrected chi connectivity index (χ1v) is 7.83. The van der Waals surface area contributed by atoms with E-state index in [1.165, 1.54) is 6.42 Å². The van der Waals surface area contributed by atoms with Gasteiger partial charge in [-0.2, -0.15) is 4.98 Å². The number of piperidine rings is 1. The van der Waals surface area contributed by atoms with E-state index in [9.17, 15) is 0 Å². The molecular formula is C15H27N3O2. The number of hydrogen-bond donors (Lipinski definition) is 1. The van der Waals surface area contributed by atoms with E-state index < -0.39 is 0 Å². The number of nitrogens with zero attached hydrogens (tertiary/aromatic N) is 2. The van der Waals surface area contributed by atoms with Crippen molar-refractivity contribution < 1.29 is 9.26 Å². The summed E-state index contributed by atoms with van der Waals surface area (Å²) < 4.78 is 11.1. The summed E-state index contributed by atoms with van der Waals surface area (Å²) in [5.41, 5.74) is 0.0166. The maximum Gasteiger partial charge on any atom is 0.234 e. The molecule has 0 bridgehead atoms. The topological polar surface area (TPSA) is 60.2 Å². The first-order chi connectivity index (χ1) is 9.75. The van der Waals surface area contributed by atoms with Gasteiger partial charge in [-0.25, -0.2) is 0 Å². The molecule has 0 saturated carbocycles. The van der Waals surface area contributed by atoms with Crippen LogP contribution in [0.2, 0.25) is 0 Å². The summed E-state index contributed by atoms with van der Waals surface area (Å²) in [5, 5.41) is 7.65. The highest BCUT2D eigenvalue weighted by Gasteiger charge is 2.39. The van der Waals surface area contributed by atoms with Gasteiger partial charge in [0.25, 0.3) is 0 Å². The highest BCUT2D eigenvalue weighted by atomic mass is 16.5. The molecule has 1 aromatic rings. The molecule has 2 heterocycles. The van der Waals surface area contributed by atoms with Crippen LogP contribution in [0.1, 0.15) is 70.2 Å². The van der Waals surface area contributed by atoms with Crippen molar-refractivity contribution in [1.29, 1.82) is 0 Å². The maximum absolute atomic E-state index is 5.61. The van der Waals surface area contributed by atoms with E-state index in [0.29, 0.717) is 5.82 Å². The third kappa shape index (κ3) is 3.20. The molecule has 1 aliphatic heterocycles. The van der Waals surface area contributed by atoms with Crippen molar-refractivity contribution in [3.63, 3.8) is 0 Å². The molecule has 2 atom stereocenters. The van der Waals surface area contributed by atoms with Crippen molar-refractivity contribution in [2.24, 2.45) is 0 Å². The second-order valence-electron chi connectivity index (χ2n) is 5.78. The van der Waals surface area contributed by atoms with Gasteiger partial charge in [0.1, 0.15) is 6.10 Å². The molecule has 0 aromatic carbocycles. The van der Waals surface area contributed by atoms with Crippen LogP contribution in [0.25, 0.3) is 0 Å². The summed E-state index contributed by atoms with van der Waals surface area (Å²) in [5.74, 6) is 1.49. The SMILES string of the molecule is CCCC(OC)c1noc(C2(CCC)CCCNC2)n1. The minimum Gasteiger partial charge on any atom is -0.373 e. The van der Waals surface area contributed by atoms with Gasteiger partial charge in [0.2, 0.25) is 11.7 Å². The molecule has 5 heteroatoms. The van der Waals surface area contributed by atoms with Gasteiger partial charge < -0.3 is 14.6 Å². The normalized spacial score (nSPS) is 24.8. The monoisotopic (exact) mass is 281 g/mol. The average molecular weight is 281 g/mol. The number of hydrogen-bond acceptors (Lipinski definition) is 5. The summed E-state index contributed by atoms with van der Waals surface area (Å²) in [6.45, 7) is 6.37. The molecule has 1 aromatic heterocycles. The van der Waals surface area contributed by atoms with Gasteiger partial charge in [0.15, 0.2) is 0 Å². The molecule has 1 aliphatic rings. The number of rotatable bonds is 7. The Kier molecular flexibility index (Phi) is 5.54. The predicted octanol–water partition coefficient (Wildman–Crippen LogP) is 2.98. The van der Waals surface area contributed by atoms with Gasteiger partial charge in [-0.3, -0.25) is 0 Å². The Morgan fingerprint density at radius 2 is 2.25 bits per heavy atom. The van der Waals surface area contributed by atoms with Gasteiger partial charge in [-0.15, -0.1) is 0 Å². The Morgan fingerprint density at radius 1 is 1.40 bits per heavy atom. The zero-order chi connectivity index (χ0) is 14.4. The molecular weight excluding hydrogens is 254 g/mol. The van der Waals surface area contributed by atoms with Crippen molar-refractivity contribution in [3.8, 4) is 0 Å². The number of ether oxygens (including phenoxy) is 1. The second-order valence-corrected chi connectivity index (χ2v) is 5.78. The van der Waals surface area contributed by atoms with Crippen LogP contribution in [0.3, 0.4) is 0 Å². The third-order valence-corrected chi connectivity index (χ3v) is 4.22. The molecule has 2 rings (SSSR count). The minimum absolute atomic E-state index is 0.0166. The molecule has 1 saturated heterocycles. The van der Waals surface area contributed by atoms with Crippen LogP contribution in [-0.2, 0) is 10.2 Å². The molecule has 2 unspecified atom stereocenters. The fourth-order valence-electron chi connectivity index (χ4n) is 3.14. The van der Waals surface area contributed by atoms with Gasteiger partial charge in [0, 0.05) is 13.7 Å². The minimum atomic E-state index is -0.0484. The van der Waals surface area contributed by atoms with E-state index in [2.05, 4.69) is 29.3 Å². The third-order valence-electron chi connectivity index (χ3n) is 4.22. The van der Waals surface area contributed by atoms with Crippen LogP contribution in [0.15, 0.2) is 4.52 Å². The van der Waals surface area contributed by atoms with Crippen LogP contribution in [-0.4, -0.2) is 30.3 Å². The van der Waals surface area contributed by atoms with E-state index in [1.54, 1.807) is 7.11 Å². The second kappa shape index (κ2) is 7.18. The summed E-state index contributed by atoms with van der Waals surface area (Å²) in [6.07, 6.45) is 6.43. The molecule has 114 valence electrons. The van der Waals surface area contributed by atoms with Crippen LogP contribution in [0.4, 0.5) is 0 Å². The molecule has 0 aliphatic carbocycles. The van der Waals surface area contributed by atoms with Gasteiger partial charge in [0.05, 0.1) is 5.41 Å². The first-order valence-electron chi connectivity index (χ1n) is 7.83. The van der Waals surface area contributed by atoms with Crippen LogP contribution in [0, 0.1) is 0 Å². The lowest BCUT2D eigenvalue weighted by Gasteiger charge is -2.34. The summed E-state index contributed by atoms with van der Waals surface area (Å²) in [4.78, 5) is 4.67. The summed E-state index contributed by atoms with van der Waals surface area (Å²) in [7, 11) is 1.71. The van der Waals surface area contributed by atoms with E-state index in [-0.39, 0.29) is 11.5 Å². The van der Waals surface area contributed by atoms with Crippen molar-refractivity contribution >= 4 is 0 Å². The van der Waals surface area contributed by atoms with Crippen LogP contribution < -0.4 is 5.32 Å². The Labute approximate surface area is 121 Å². The lowest BCUT2D eigenvalue weighted by molar-refractivity contribution is 0.0854. The number of methoxy groups -OCH3 is 1. The van der Waals surface area contributed by atoms with Crippen molar-refractivity contribution in [2.45, 2.75) is 63.9 Å². The van der Waals surface area contributed by atoms with Crippen LogP contribution in [0.5, 0.6) is 0 Å². The lowest BCUT2D eigenvalue weighted by Crippen LogP contribution is -2.43. The molecule has 20 heavy (non-hydrogen) atoms. The van der Waals surface area contributed by atoms with Crippen LogP contribution >= 0.6 is 0 Å². The summed E-state index contributed by atoms with van der Waals surface area (Å²) >= 11 is 0. The molecule has 0 amide bonds. The van der Waals surface area contributed by atoms with E-state index in [1.807, 2.05) is 0 Å². The van der Waals surface area contributed by atoms with Crippen molar-refractivity contribution in [2.75, 3.05) is 20.2 Å². The summed E-state index contributed by atoms with van der Waals surface area (Å²) in [6, 6.07) is 0. The lowest BCUT2D eigenvalue weighted by atomic mass is 9.77. The largest absolute Gasteiger partial charge is 0.373 e. The maximum atomic E-state index is 5.61. The molecule has 0 radical (unpaired) electrons. The first kappa shape index (κ1) is 15.4. The fourth-order valence-corrected chi connectivity index (χ4v) is 3.14. The van der Waals surface area contributed by atoms with E-state index in [4.69, 9.17) is 9.26 Å².